The van der Waals surface area contributed by atoms with Crippen molar-refractivity contribution >= 4 is 50.0 Å². The number of carbonyl (C=O) groups excluding carboxylic acids is 1. The number of rotatable bonds is 10. The normalized spacial score (nSPS) is 13.9. The van der Waals surface area contributed by atoms with E-state index in [0.717, 1.165) is 0 Å². The fraction of sp³-hybridized carbons (Fsp3) is 0.222. The number of carbonyl (C=O) groups is 1. The van der Waals surface area contributed by atoms with E-state index in [2.05, 4.69) is 25.3 Å². The maximum Gasteiger partial charge on any atom is 0.263 e. The Labute approximate surface area is 225 Å². The molecule has 0 atom stereocenters. The molecule has 12 heteroatoms. The van der Waals surface area contributed by atoms with E-state index in [9.17, 15) is 18.3 Å². The smallest absolute Gasteiger partial charge is 0.263 e. The van der Waals surface area contributed by atoms with Gasteiger partial charge in [-0.15, -0.1) is 0 Å². The number of anilines is 4. The molecule has 4 N–H and O–H groups in total. The first-order chi connectivity index (χ1) is 18.7. The molecular weight excluding hydrogens is 522 g/mol. The zero-order valence-corrected chi connectivity index (χ0v) is 22.1. The topological polar surface area (TPSA) is 152 Å². The molecule has 1 aromatic heterocycles. The molecule has 1 saturated carbocycles. The van der Waals surface area contributed by atoms with Gasteiger partial charge in [-0.2, -0.15) is 0 Å². The van der Waals surface area contributed by atoms with Gasteiger partial charge < -0.3 is 25.2 Å². The average molecular weight is 550 g/mol. The van der Waals surface area contributed by atoms with Crippen LogP contribution in [0.25, 0.3) is 11.0 Å². The summed E-state index contributed by atoms with van der Waals surface area (Å²) in [4.78, 5) is 21.3. The van der Waals surface area contributed by atoms with Crippen molar-refractivity contribution in [1.82, 2.24) is 9.97 Å². The zero-order chi connectivity index (χ0) is 27.6. The minimum absolute atomic E-state index is 0.0270. The second-order valence-electron chi connectivity index (χ2n) is 9.22. The van der Waals surface area contributed by atoms with E-state index >= 15 is 0 Å². The van der Waals surface area contributed by atoms with E-state index in [1.165, 1.54) is 32.4 Å². The summed E-state index contributed by atoms with van der Waals surface area (Å²) in [5.41, 5.74) is 0.917. The van der Waals surface area contributed by atoms with Crippen molar-refractivity contribution in [3.05, 3.63) is 66.7 Å². The fourth-order valence-electron chi connectivity index (χ4n) is 3.93. The van der Waals surface area contributed by atoms with Gasteiger partial charge in [0.25, 0.3) is 10.0 Å². The molecule has 202 valence electrons. The average Bonchev–Trinajstić information content (AvgIpc) is 3.64. The molecule has 1 aliphatic carbocycles. The number of methoxy groups -OCH3 is 2. The number of para-hydroxylation sites is 2. The van der Waals surface area contributed by atoms with E-state index < -0.39 is 21.5 Å². The quantitative estimate of drug-likeness (QED) is 0.230. The minimum atomic E-state index is -4.15. The van der Waals surface area contributed by atoms with Crippen LogP contribution in [-0.4, -0.2) is 49.2 Å². The number of fused-ring (bicyclic) bond motifs is 1. The second-order valence-corrected chi connectivity index (χ2v) is 10.9. The number of ether oxygens (including phenoxy) is 2. The second kappa shape index (κ2) is 10.4. The Hall–Kier alpha value is -4.42. The maximum atomic E-state index is 13.4. The Balaban J connectivity index is 1.46. The van der Waals surface area contributed by atoms with Crippen molar-refractivity contribution in [2.24, 2.45) is 0 Å². The van der Waals surface area contributed by atoms with E-state index in [4.69, 9.17) is 9.47 Å². The molecule has 1 amide bonds. The van der Waals surface area contributed by atoms with Crippen LogP contribution in [-0.2, 0) is 14.8 Å². The molecule has 1 fully saturated rings. The molecular formula is C27H27N5O6S. The molecule has 0 radical (unpaired) electrons. The molecule has 0 spiro atoms. The predicted octanol–water partition coefficient (Wildman–Crippen LogP) is 4.04. The Bertz CT molecular complexity index is 1630. The van der Waals surface area contributed by atoms with Gasteiger partial charge in [0.05, 0.1) is 42.2 Å². The van der Waals surface area contributed by atoms with Gasteiger partial charge >= 0.3 is 0 Å². The lowest BCUT2D eigenvalue weighted by molar-refractivity contribution is -0.118. The minimum Gasteiger partial charge on any atom is -0.497 e. The highest BCUT2D eigenvalue weighted by Gasteiger charge is 2.42. The molecule has 39 heavy (non-hydrogen) atoms. The van der Waals surface area contributed by atoms with Gasteiger partial charge in [-0.1, -0.05) is 18.2 Å². The SMILES string of the molecule is COc1cc(Nc2nc3ccccc3nc2NS(=O)(=O)c2cccc(NC(=O)CC3(O)CC3)c2)cc(OC)c1. The number of nitrogens with zero attached hydrogens (tertiary/aromatic N) is 2. The van der Waals surface area contributed by atoms with Gasteiger partial charge in [0.2, 0.25) is 5.91 Å². The van der Waals surface area contributed by atoms with Crippen molar-refractivity contribution in [3.8, 4) is 11.5 Å². The van der Waals surface area contributed by atoms with E-state index in [-0.39, 0.29) is 23.0 Å². The summed E-state index contributed by atoms with van der Waals surface area (Å²) in [6.45, 7) is 0. The number of hydrogen-bond donors (Lipinski definition) is 4. The zero-order valence-electron chi connectivity index (χ0n) is 21.3. The highest BCUT2D eigenvalue weighted by Crippen LogP contribution is 2.38. The predicted molar refractivity (Wildman–Crippen MR) is 147 cm³/mol. The lowest BCUT2D eigenvalue weighted by atomic mass is 10.2. The van der Waals surface area contributed by atoms with E-state index in [0.29, 0.717) is 46.7 Å². The number of aliphatic hydroxyl groups is 1. The number of sulfonamides is 1. The van der Waals surface area contributed by atoms with Gasteiger partial charge in [-0.3, -0.25) is 9.52 Å². The van der Waals surface area contributed by atoms with Crippen molar-refractivity contribution in [1.29, 1.82) is 0 Å². The van der Waals surface area contributed by atoms with Crippen molar-refractivity contribution in [2.45, 2.75) is 29.8 Å². The van der Waals surface area contributed by atoms with Crippen LogP contribution in [0.1, 0.15) is 19.3 Å². The molecule has 4 aromatic rings. The van der Waals surface area contributed by atoms with E-state index in [1.54, 1.807) is 48.5 Å². The molecule has 1 heterocycles. The first-order valence-corrected chi connectivity index (χ1v) is 13.6. The van der Waals surface area contributed by atoms with Crippen LogP contribution in [0.2, 0.25) is 0 Å². The third kappa shape index (κ3) is 6.19. The Morgan fingerprint density at radius 3 is 2.15 bits per heavy atom. The number of amides is 1. The van der Waals surface area contributed by atoms with E-state index in [1.807, 2.05) is 0 Å². The molecule has 1 aliphatic rings. The van der Waals surface area contributed by atoms with Gasteiger partial charge in [0, 0.05) is 29.6 Å². The molecule has 0 aliphatic heterocycles. The Kier molecular flexibility index (Phi) is 6.98. The molecule has 0 unspecified atom stereocenters. The summed E-state index contributed by atoms with van der Waals surface area (Å²) < 4.78 is 40.0. The highest BCUT2D eigenvalue weighted by molar-refractivity contribution is 7.92. The molecule has 3 aromatic carbocycles. The molecule has 0 saturated heterocycles. The monoisotopic (exact) mass is 549 g/mol. The summed E-state index contributed by atoms with van der Waals surface area (Å²) in [5, 5.41) is 15.8. The van der Waals surface area contributed by atoms with Gasteiger partial charge in [0.15, 0.2) is 11.6 Å². The fourth-order valence-corrected chi connectivity index (χ4v) is 4.98. The van der Waals surface area contributed by atoms with Crippen molar-refractivity contribution in [2.75, 3.05) is 29.6 Å². The van der Waals surface area contributed by atoms with Crippen LogP contribution in [0.4, 0.5) is 23.0 Å². The molecule has 0 bridgehead atoms. The summed E-state index contributed by atoms with van der Waals surface area (Å²) in [5.74, 6) is 0.800. The largest absolute Gasteiger partial charge is 0.497 e. The Morgan fingerprint density at radius 2 is 1.54 bits per heavy atom. The summed E-state index contributed by atoms with van der Waals surface area (Å²) in [6, 6.07) is 18.0. The lowest BCUT2D eigenvalue weighted by Crippen LogP contribution is -2.21. The first-order valence-electron chi connectivity index (χ1n) is 12.1. The number of benzene rings is 3. The third-order valence-electron chi connectivity index (χ3n) is 6.16. The molecule has 5 rings (SSSR count). The summed E-state index contributed by atoms with van der Waals surface area (Å²) in [6.07, 6.45) is 1.11. The van der Waals surface area contributed by atoms with Crippen molar-refractivity contribution in [3.63, 3.8) is 0 Å². The lowest BCUT2D eigenvalue weighted by Gasteiger charge is -2.15. The Morgan fingerprint density at radius 1 is 0.897 bits per heavy atom. The maximum absolute atomic E-state index is 13.4. The van der Waals surface area contributed by atoms with Gasteiger partial charge in [-0.25, -0.2) is 18.4 Å². The first kappa shape index (κ1) is 26.2. The van der Waals surface area contributed by atoms with Crippen LogP contribution in [0.15, 0.2) is 71.6 Å². The van der Waals surface area contributed by atoms with Crippen LogP contribution in [0.3, 0.4) is 0 Å². The summed E-state index contributed by atoms with van der Waals surface area (Å²) in [7, 11) is -1.09. The third-order valence-corrected chi connectivity index (χ3v) is 7.50. The van der Waals surface area contributed by atoms with Gasteiger partial charge in [-0.05, 0) is 43.2 Å². The number of nitrogens with one attached hydrogen (secondary N) is 3. The highest BCUT2D eigenvalue weighted by atomic mass is 32.2. The van der Waals surface area contributed by atoms with Crippen LogP contribution in [0, 0.1) is 0 Å². The number of aromatic nitrogens is 2. The summed E-state index contributed by atoms with van der Waals surface area (Å²) >= 11 is 0. The van der Waals surface area contributed by atoms with Crippen LogP contribution < -0.4 is 24.8 Å². The molecule has 11 nitrogen and oxygen atoms in total. The van der Waals surface area contributed by atoms with Gasteiger partial charge in [0.1, 0.15) is 11.5 Å². The standard InChI is InChI=1S/C27H27N5O6S/c1-37-19-12-18(13-20(15-19)38-2)29-25-26(31-23-9-4-3-8-22(23)30-25)32-39(35,36)21-7-5-6-17(14-21)28-24(33)16-27(34)10-11-27/h3-9,12-15,34H,10-11,16H2,1-2H3,(H,28,33)(H,29,30)(H,31,32). The van der Waals surface area contributed by atoms with Crippen LogP contribution in [0.5, 0.6) is 11.5 Å². The van der Waals surface area contributed by atoms with Crippen molar-refractivity contribution < 1.29 is 27.8 Å². The number of hydrogen-bond acceptors (Lipinski definition) is 9. The van der Waals surface area contributed by atoms with Crippen LogP contribution >= 0.6 is 0 Å².